The van der Waals surface area contributed by atoms with Crippen molar-refractivity contribution in [3.8, 4) is 0 Å². The van der Waals surface area contributed by atoms with Gasteiger partial charge in [0.1, 0.15) is 0 Å². The number of rotatable bonds is 5. The molecule has 0 radical (unpaired) electrons. The van der Waals surface area contributed by atoms with Crippen LogP contribution in [-0.4, -0.2) is 5.78 Å². The Morgan fingerprint density at radius 2 is 1.62 bits per heavy atom. The van der Waals surface area contributed by atoms with Gasteiger partial charge in [0.2, 0.25) is 0 Å². The minimum Gasteiger partial charge on any atom is -0.294 e. The lowest BCUT2D eigenvalue weighted by atomic mass is 9.78. The summed E-state index contributed by atoms with van der Waals surface area (Å²) in [6, 6.07) is 15.3. The number of aryl methyl sites for hydroxylation is 1. The topological polar surface area (TPSA) is 17.1 Å². The highest BCUT2D eigenvalue weighted by atomic mass is 16.1. The van der Waals surface area contributed by atoms with Gasteiger partial charge in [0.05, 0.1) is 0 Å². The van der Waals surface area contributed by atoms with Crippen LogP contribution < -0.4 is 0 Å². The number of Topliss-reactive ketones (excluding diaryl/α,β-unsaturated/α-hetero) is 1. The van der Waals surface area contributed by atoms with E-state index in [4.69, 9.17) is 0 Å². The summed E-state index contributed by atoms with van der Waals surface area (Å²) in [5.74, 6) is 2.16. The Kier molecular flexibility index (Phi) is 6.17. The summed E-state index contributed by atoms with van der Waals surface area (Å²) in [6.45, 7) is 4.43. The van der Waals surface area contributed by atoms with Gasteiger partial charge in [-0.15, -0.1) is 0 Å². The molecule has 5 rings (SSSR count). The number of hydrogen-bond acceptors (Lipinski definition) is 1. The predicted molar refractivity (Wildman–Crippen MR) is 135 cm³/mol. The molecule has 0 N–H and O–H groups in total. The number of hydrogen-bond donors (Lipinski definition) is 0. The van der Waals surface area contributed by atoms with E-state index in [1.165, 1.54) is 83.9 Å². The molecule has 0 aliphatic heterocycles. The van der Waals surface area contributed by atoms with Crippen LogP contribution in [-0.2, 0) is 17.6 Å². The Morgan fingerprint density at radius 3 is 2.41 bits per heavy atom. The van der Waals surface area contributed by atoms with Gasteiger partial charge in [-0.25, -0.2) is 0 Å². The molecule has 1 saturated carbocycles. The Labute approximate surface area is 193 Å². The number of ketones is 1. The summed E-state index contributed by atoms with van der Waals surface area (Å²) in [6.07, 6.45) is 14.7. The highest BCUT2D eigenvalue weighted by Gasteiger charge is 2.32. The smallest absolute Gasteiger partial charge is 0.168 e. The normalized spacial score (nSPS) is 25.9. The fraction of sp³-hybridized carbons (Fsp3) is 0.452. The van der Waals surface area contributed by atoms with E-state index in [0.29, 0.717) is 12.2 Å². The lowest BCUT2D eigenvalue weighted by molar-refractivity contribution is -0.112. The van der Waals surface area contributed by atoms with Crippen molar-refractivity contribution in [1.29, 1.82) is 0 Å². The molecule has 0 unspecified atom stereocenters. The first kappa shape index (κ1) is 21.4. The van der Waals surface area contributed by atoms with Gasteiger partial charge < -0.3 is 0 Å². The van der Waals surface area contributed by atoms with E-state index in [9.17, 15) is 4.79 Å². The minimum absolute atomic E-state index is 0.300. The number of carbonyl (C=O) groups excluding carboxylic acids is 1. The predicted octanol–water partition coefficient (Wildman–Crippen LogP) is 7.90. The first-order valence-electron chi connectivity index (χ1n) is 12.8. The standard InChI is InChI=1S/C31H36O/c1-3-7-22-13-15-23(16-14-22)8-6-11-28-26-10-5-4-9-24(26)19-29(28)31-27-17-12-21(2)18-25(27)20-30(31)32/h4-5,9-12,17-18,22-23H,3,6-8,13-16,19-20H2,1-2H3/b28-11?,31-29+. The maximum Gasteiger partial charge on any atom is 0.168 e. The van der Waals surface area contributed by atoms with Gasteiger partial charge in [-0.05, 0) is 71.4 Å². The maximum absolute atomic E-state index is 13.1. The van der Waals surface area contributed by atoms with Crippen molar-refractivity contribution in [2.24, 2.45) is 11.8 Å². The van der Waals surface area contributed by atoms with Crippen LogP contribution in [0.25, 0.3) is 11.1 Å². The molecule has 3 aliphatic rings. The van der Waals surface area contributed by atoms with E-state index < -0.39 is 0 Å². The number of carbonyl (C=O) groups is 1. The first-order valence-corrected chi connectivity index (χ1v) is 12.8. The third-order valence-corrected chi connectivity index (χ3v) is 8.05. The summed E-state index contributed by atoms with van der Waals surface area (Å²) in [5, 5.41) is 0. The highest BCUT2D eigenvalue weighted by Crippen LogP contribution is 2.44. The molecule has 166 valence electrons. The molecule has 0 atom stereocenters. The zero-order valence-electron chi connectivity index (χ0n) is 19.8. The molecule has 0 aromatic heterocycles. The summed E-state index contributed by atoms with van der Waals surface area (Å²) in [4.78, 5) is 13.1. The second kappa shape index (κ2) is 9.22. The average molecular weight is 425 g/mol. The van der Waals surface area contributed by atoms with Gasteiger partial charge in [0.15, 0.2) is 5.78 Å². The largest absolute Gasteiger partial charge is 0.294 e. The van der Waals surface area contributed by atoms with Crippen molar-refractivity contribution in [2.75, 3.05) is 0 Å². The zero-order chi connectivity index (χ0) is 22.1. The fourth-order valence-electron chi connectivity index (χ4n) is 6.38. The SMILES string of the molecule is CCCC1CCC(CCC=C2/C(=C3/C(=O)Cc4cc(C)ccc43)Cc3ccccc32)CC1. The molecular weight excluding hydrogens is 388 g/mol. The quantitative estimate of drug-likeness (QED) is 0.446. The second-order valence-corrected chi connectivity index (χ2v) is 10.3. The zero-order valence-corrected chi connectivity index (χ0v) is 19.8. The van der Waals surface area contributed by atoms with E-state index >= 15 is 0 Å². The van der Waals surface area contributed by atoms with Crippen molar-refractivity contribution in [3.63, 3.8) is 0 Å². The van der Waals surface area contributed by atoms with Gasteiger partial charge in [-0.3, -0.25) is 4.79 Å². The van der Waals surface area contributed by atoms with E-state index in [1.54, 1.807) is 0 Å². The van der Waals surface area contributed by atoms with Gasteiger partial charge in [0, 0.05) is 12.0 Å². The van der Waals surface area contributed by atoms with Crippen LogP contribution >= 0.6 is 0 Å². The van der Waals surface area contributed by atoms with E-state index in [0.717, 1.165) is 30.3 Å². The molecule has 1 nitrogen and oxygen atoms in total. The van der Waals surface area contributed by atoms with E-state index in [1.807, 2.05) is 0 Å². The first-order chi connectivity index (χ1) is 15.6. The molecule has 1 heteroatoms. The number of benzene rings is 2. The van der Waals surface area contributed by atoms with Gasteiger partial charge in [-0.1, -0.05) is 99.6 Å². The van der Waals surface area contributed by atoms with Crippen LogP contribution in [0.3, 0.4) is 0 Å². The molecule has 32 heavy (non-hydrogen) atoms. The summed E-state index contributed by atoms with van der Waals surface area (Å²) >= 11 is 0. The van der Waals surface area contributed by atoms with Crippen LogP contribution in [0.15, 0.2) is 54.1 Å². The van der Waals surface area contributed by atoms with Gasteiger partial charge in [-0.2, -0.15) is 0 Å². The van der Waals surface area contributed by atoms with Crippen LogP contribution in [0.2, 0.25) is 0 Å². The van der Waals surface area contributed by atoms with Crippen LogP contribution in [0.4, 0.5) is 0 Å². The van der Waals surface area contributed by atoms with Crippen molar-refractivity contribution in [3.05, 3.63) is 81.9 Å². The summed E-state index contributed by atoms with van der Waals surface area (Å²) in [5.41, 5.74) is 9.91. The van der Waals surface area contributed by atoms with E-state index in [2.05, 4.69) is 62.4 Å². The molecule has 0 saturated heterocycles. The van der Waals surface area contributed by atoms with Crippen LogP contribution in [0, 0.1) is 18.8 Å². The lowest BCUT2D eigenvalue weighted by Gasteiger charge is -2.28. The third-order valence-electron chi connectivity index (χ3n) is 8.05. The second-order valence-electron chi connectivity index (χ2n) is 10.3. The Bertz CT molecular complexity index is 1080. The highest BCUT2D eigenvalue weighted by molar-refractivity contribution is 6.28. The molecule has 3 aliphatic carbocycles. The Hall–Kier alpha value is -2.41. The number of allylic oxidation sites excluding steroid dienone is 4. The molecule has 0 spiro atoms. The average Bonchev–Trinajstić information content (AvgIpc) is 3.31. The summed E-state index contributed by atoms with van der Waals surface area (Å²) in [7, 11) is 0. The fourth-order valence-corrected chi connectivity index (χ4v) is 6.38. The maximum atomic E-state index is 13.1. The molecule has 2 aromatic carbocycles. The van der Waals surface area contributed by atoms with Crippen molar-refractivity contribution in [2.45, 2.75) is 78.1 Å². The molecule has 2 aromatic rings. The molecule has 0 bridgehead atoms. The lowest BCUT2D eigenvalue weighted by Crippen LogP contribution is -2.14. The Morgan fingerprint density at radius 1 is 0.875 bits per heavy atom. The monoisotopic (exact) mass is 424 g/mol. The Balaban J connectivity index is 1.41. The molecule has 0 heterocycles. The van der Waals surface area contributed by atoms with Crippen molar-refractivity contribution in [1.82, 2.24) is 0 Å². The molecular formula is C31H36O. The van der Waals surface area contributed by atoms with Gasteiger partial charge in [0.25, 0.3) is 0 Å². The van der Waals surface area contributed by atoms with Crippen LogP contribution in [0.5, 0.6) is 0 Å². The minimum atomic E-state index is 0.300. The number of fused-ring (bicyclic) bond motifs is 2. The van der Waals surface area contributed by atoms with E-state index in [-0.39, 0.29) is 0 Å². The van der Waals surface area contributed by atoms with Crippen molar-refractivity contribution >= 4 is 16.9 Å². The summed E-state index contributed by atoms with van der Waals surface area (Å²) < 4.78 is 0. The molecule has 1 fully saturated rings. The van der Waals surface area contributed by atoms with Crippen LogP contribution in [0.1, 0.15) is 86.1 Å². The third kappa shape index (κ3) is 4.15. The molecule has 0 amide bonds. The van der Waals surface area contributed by atoms with Gasteiger partial charge >= 0.3 is 0 Å². The van der Waals surface area contributed by atoms with Crippen molar-refractivity contribution < 1.29 is 4.79 Å².